The van der Waals surface area contributed by atoms with Crippen molar-refractivity contribution in [1.29, 1.82) is 0 Å². The zero-order valence-corrected chi connectivity index (χ0v) is 14.0. The molecule has 3 rings (SSSR count). The van der Waals surface area contributed by atoms with Gasteiger partial charge in [-0.25, -0.2) is 9.48 Å². The maximum atomic E-state index is 12.5. The van der Waals surface area contributed by atoms with Gasteiger partial charge in [0, 0.05) is 0 Å². The van der Waals surface area contributed by atoms with Crippen LogP contribution < -0.4 is 10.2 Å². The van der Waals surface area contributed by atoms with E-state index in [-0.39, 0.29) is 12.0 Å². The zero-order valence-electron chi connectivity index (χ0n) is 14.0. The van der Waals surface area contributed by atoms with E-state index in [4.69, 9.17) is 4.74 Å². The van der Waals surface area contributed by atoms with Crippen molar-refractivity contribution in [3.05, 3.63) is 64.4 Å². The minimum Gasteiger partial charge on any atom is -0.461 e. The van der Waals surface area contributed by atoms with Gasteiger partial charge in [-0.05, 0) is 43.3 Å². The van der Waals surface area contributed by atoms with E-state index in [9.17, 15) is 22.8 Å². The van der Waals surface area contributed by atoms with Gasteiger partial charge in [-0.2, -0.15) is 5.10 Å². The van der Waals surface area contributed by atoms with Gasteiger partial charge in [0.25, 0.3) is 0 Å². The number of carbonyl (C=O) groups is 1. The smallest absolute Gasteiger partial charge is 0.461 e. The Bertz CT molecular complexity index is 1040. The van der Waals surface area contributed by atoms with E-state index in [1.807, 2.05) is 0 Å². The van der Waals surface area contributed by atoms with Crippen LogP contribution in [0.5, 0.6) is 5.75 Å². The van der Waals surface area contributed by atoms with Crippen LogP contribution in [0.3, 0.4) is 0 Å². The fraction of sp³-hybridized carbons (Fsp3) is 0.167. The van der Waals surface area contributed by atoms with Crippen LogP contribution in [0.4, 0.5) is 13.2 Å². The Morgan fingerprint density at radius 1 is 1.11 bits per heavy atom. The fourth-order valence-corrected chi connectivity index (χ4v) is 2.50. The summed E-state index contributed by atoms with van der Waals surface area (Å²) in [4.78, 5) is 24.6. The number of halogens is 3. The molecule has 2 aromatic carbocycles. The maximum Gasteiger partial charge on any atom is 0.573 e. The Morgan fingerprint density at radius 3 is 2.41 bits per heavy atom. The van der Waals surface area contributed by atoms with Crippen molar-refractivity contribution in [2.24, 2.45) is 0 Å². The van der Waals surface area contributed by atoms with Crippen molar-refractivity contribution < 1.29 is 27.4 Å². The van der Waals surface area contributed by atoms with Crippen LogP contribution in [0.25, 0.3) is 16.6 Å². The third-order valence-corrected chi connectivity index (χ3v) is 3.58. The molecule has 0 unspecified atom stereocenters. The molecule has 3 aromatic rings. The fourth-order valence-electron chi connectivity index (χ4n) is 2.50. The second kappa shape index (κ2) is 7.10. The van der Waals surface area contributed by atoms with Gasteiger partial charge >= 0.3 is 12.3 Å². The molecule has 0 atom stereocenters. The van der Waals surface area contributed by atoms with E-state index < -0.39 is 29.2 Å². The number of alkyl halides is 3. The lowest BCUT2D eigenvalue weighted by atomic mass is 10.2. The third-order valence-electron chi connectivity index (χ3n) is 3.58. The number of ether oxygens (including phenoxy) is 2. The SMILES string of the molecule is CCOC(=O)c1nn(-c2ccc(OC(F)(F)F)cc2)c2ccccc2c1=O. The number of hydrogen-bond acceptors (Lipinski definition) is 5. The maximum absolute atomic E-state index is 12.5. The predicted molar refractivity (Wildman–Crippen MR) is 90.0 cm³/mol. The van der Waals surface area contributed by atoms with E-state index in [0.29, 0.717) is 11.2 Å². The topological polar surface area (TPSA) is 70.4 Å². The largest absolute Gasteiger partial charge is 0.573 e. The first-order chi connectivity index (χ1) is 12.8. The van der Waals surface area contributed by atoms with Crippen LogP contribution in [0.15, 0.2) is 53.3 Å². The van der Waals surface area contributed by atoms with Crippen LogP contribution in [0, 0.1) is 0 Å². The van der Waals surface area contributed by atoms with Gasteiger partial charge in [-0.3, -0.25) is 4.79 Å². The number of carbonyl (C=O) groups excluding carboxylic acids is 1. The summed E-state index contributed by atoms with van der Waals surface area (Å²) in [6.07, 6.45) is -4.80. The highest BCUT2D eigenvalue weighted by molar-refractivity contribution is 5.92. The highest BCUT2D eigenvalue weighted by atomic mass is 19.4. The summed E-state index contributed by atoms with van der Waals surface area (Å²) in [6.45, 7) is 1.66. The van der Waals surface area contributed by atoms with Crippen LogP contribution >= 0.6 is 0 Å². The molecular formula is C18H13F3N2O4. The summed E-state index contributed by atoms with van der Waals surface area (Å²) >= 11 is 0. The number of aromatic nitrogens is 2. The molecule has 0 radical (unpaired) electrons. The standard InChI is InChI=1S/C18H13F3N2O4/c1-2-26-17(25)15-16(24)13-5-3-4-6-14(13)23(22-15)11-7-9-12(10-8-11)27-18(19,20)21/h3-10H,2H2,1H3. The number of para-hydroxylation sites is 1. The van der Waals surface area contributed by atoms with Gasteiger partial charge in [0.05, 0.1) is 23.2 Å². The Hall–Kier alpha value is -3.36. The average Bonchev–Trinajstić information content (AvgIpc) is 2.62. The number of esters is 1. The summed E-state index contributed by atoms with van der Waals surface area (Å²) < 4.78 is 46.9. The molecule has 0 saturated heterocycles. The second-order valence-electron chi connectivity index (χ2n) is 5.37. The molecule has 0 amide bonds. The van der Waals surface area contributed by atoms with Crippen LogP contribution in [0.1, 0.15) is 17.4 Å². The molecule has 9 heteroatoms. The molecule has 6 nitrogen and oxygen atoms in total. The van der Waals surface area contributed by atoms with Gasteiger partial charge in [-0.1, -0.05) is 12.1 Å². The molecule has 0 spiro atoms. The lowest BCUT2D eigenvalue weighted by molar-refractivity contribution is -0.274. The van der Waals surface area contributed by atoms with Crippen molar-refractivity contribution in [3.63, 3.8) is 0 Å². The molecule has 1 aromatic heterocycles. The van der Waals surface area contributed by atoms with Crippen molar-refractivity contribution in [2.75, 3.05) is 6.61 Å². The Kier molecular flexibility index (Phi) is 4.85. The monoisotopic (exact) mass is 378 g/mol. The van der Waals surface area contributed by atoms with Crippen molar-refractivity contribution >= 4 is 16.9 Å². The molecule has 0 aliphatic heterocycles. The Labute approximate surface area is 150 Å². The Morgan fingerprint density at radius 2 is 1.78 bits per heavy atom. The predicted octanol–water partition coefficient (Wildman–Crippen LogP) is 3.46. The van der Waals surface area contributed by atoms with E-state index in [1.54, 1.807) is 25.1 Å². The first kappa shape index (κ1) is 18.4. The highest BCUT2D eigenvalue weighted by Gasteiger charge is 2.31. The van der Waals surface area contributed by atoms with Gasteiger partial charge in [0.2, 0.25) is 11.1 Å². The van der Waals surface area contributed by atoms with E-state index in [2.05, 4.69) is 9.84 Å². The van der Waals surface area contributed by atoms with E-state index in [0.717, 1.165) is 12.1 Å². The number of nitrogens with zero attached hydrogens (tertiary/aromatic N) is 2. The molecule has 0 fully saturated rings. The average molecular weight is 378 g/mol. The highest BCUT2D eigenvalue weighted by Crippen LogP contribution is 2.24. The molecule has 0 aliphatic carbocycles. The summed E-state index contributed by atoms with van der Waals surface area (Å²) in [5.41, 5.74) is -0.269. The van der Waals surface area contributed by atoms with Gasteiger partial charge < -0.3 is 9.47 Å². The molecule has 140 valence electrons. The van der Waals surface area contributed by atoms with Gasteiger partial charge in [0.15, 0.2) is 0 Å². The third kappa shape index (κ3) is 3.91. The zero-order chi connectivity index (χ0) is 19.6. The summed E-state index contributed by atoms with van der Waals surface area (Å²) in [5.74, 6) is -1.28. The lowest BCUT2D eigenvalue weighted by Crippen LogP contribution is -2.24. The first-order valence-corrected chi connectivity index (χ1v) is 7.85. The van der Waals surface area contributed by atoms with Crippen LogP contribution in [-0.2, 0) is 4.74 Å². The van der Waals surface area contributed by atoms with Crippen LogP contribution in [-0.4, -0.2) is 28.7 Å². The van der Waals surface area contributed by atoms with Gasteiger partial charge in [0.1, 0.15) is 5.75 Å². The molecule has 0 bridgehead atoms. The van der Waals surface area contributed by atoms with Crippen molar-refractivity contribution in [3.8, 4) is 11.4 Å². The molecule has 0 saturated carbocycles. The number of fused-ring (bicyclic) bond motifs is 1. The normalized spacial score (nSPS) is 11.4. The van der Waals surface area contributed by atoms with Gasteiger partial charge in [-0.15, -0.1) is 13.2 Å². The van der Waals surface area contributed by atoms with Crippen molar-refractivity contribution in [1.82, 2.24) is 9.78 Å². The summed E-state index contributed by atoms with van der Waals surface area (Å²) in [6, 6.07) is 11.3. The molecule has 27 heavy (non-hydrogen) atoms. The Balaban J connectivity index is 2.14. The van der Waals surface area contributed by atoms with Crippen LogP contribution in [0.2, 0.25) is 0 Å². The van der Waals surface area contributed by atoms with Crippen molar-refractivity contribution in [2.45, 2.75) is 13.3 Å². The minimum atomic E-state index is -4.80. The quantitative estimate of drug-likeness (QED) is 0.651. The number of hydrogen-bond donors (Lipinski definition) is 0. The minimum absolute atomic E-state index is 0.0657. The lowest BCUT2D eigenvalue weighted by Gasteiger charge is -2.13. The summed E-state index contributed by atoms with van der Waals surface area (Å²) in [5, 5.41) is 4.29. The molecule has 0 N–H and O–H groups in total. The van der Waals surface area contributed by atoms with E-state index >= 15 is 0 Å². The molecule has 1 heterocycles. The summed E-state index contributed by atoms with van der Waals surface area (Å²) in [7, 11) is 0. The van der Waals surface area contributed by atoms with E-state index in [1.165, 1.54) is 22.9 Å². The first-order valence-electron chi connectivity index (χ1n) is 7.85. The molecule has 0 aliphatic rings. The number of rotatable bonds is 4. The second-order valence-corrected chi connectivity index (χ2v) is 5.37. The number of benzene rings is 2. The molecular weight excluding hydrogens is 365 g/mol.